The van der Waals surface area contributed by atoms with Crippen LogP contribution >= 0.6 is 30.9 Å². The Labute approximate surface area is 297 Å². The number of rotatable bonds is 13. The molecule has 0 bridgehead atoms. The second-order valence-corrected chi connectivity index (χ2v) is 16.1. The van der Waals surface area contributed by atoms with Crippen LogP contribution in [0.1, 0.15) is 32.6 Å². The maximum atomic E-state index is 14.5. The van der Waals surface area contributed by atoms with Crippen molar-refractivity contribution >= 4 is 63.9 Å². The third kappa shape index (κ3) is 8.21. The minimum atomic E-state index is -4.69. The Hall–Kier alpha value is -3.42. The molecular formula is C29H34Cl2N7O10PS. The van der Waals surface area contributed by atoms with Crippen molar-refractivity contribution in [3.63, 3.8) is 0 Å². The van der Waals surface area contributed by atoms with Crippen LogP contribution in [-0.2, 0) is 40.0 Å². The molecular weight excluding hydrogens is 740 g/mol. The van der Waals surface area contributed by atoms with Crippen molar-refractivity contribution < 1.29 is 46.5 Å². The SMILES string of the molecule is CN(NS(C)(=O)=O)c1ncnc2c1ncn2[C@@H]1OC(OP(=O)(NC(C)(C)C(=O)OCc2c(Cl)cccc2Cl)Oc2ccccc2)C(O)[C@@]1(C)O. The minimum absolute atomic E-state index is 0.0704. The van der Waals surface area contributed by atoms with E-state index in [1.54, 1.807) is 36.4 Å². The fourth-order valence-corrected chi connectivity index (χ4v) is 7.79. The predicted octanol–water partition coefficient (Wildman–Crippen LogP) is 3.32. The highest BCUT2D eigenvalue weighted by Gasteiger charge is 2.57. The molecule has 5 atom stereocenters. The molecule has 1 aliphatic heterocycles. The quantitative estimate of drug-likeness (QED) is 0.0871. The van der Waals surface area contributed by atoms with Crippen molar-refractivity contribution in [2.24, 2.45) is 0 Å². The lowest BCUT2D eigenvalue weighted by atomic mass is 9.99. The number of benzene rings is 2. The van der Waals surface area contributed by atoms with Crippen molar-refractivity contribution in [2.45, 2.75) is 57.1 Å². The molecule has 0 radical (unpaired) electrons. The summed E-state index contributed by atoms with van der Waals surface area (Å²) in [6, 6.07) is 12.7. The number of sulfonamides is 1. The molecule has 2 aromatic carbocycles. The Morgan fingerprint density at radius 2 is 1.80 bits per heavy atom. The number of ether oxygens (including phenoxy) is 2. The molecule has 4 aromatic rings. The largest absolute Gasteiger partial charge is 0.462 e. The van der Waals surface area contributed by atoms with Gasteiger partial charge in [-0.15, -0.1) is 4.83 Å². The van der Waals surface area contributed by atoms with E-state index in [0.717, 1.165) is 17.6 Å². The Balaban J connectivity index is 1.41. The van der Waals surface area contributed by atoms with E-state index in [9.17, 15) is 28.0 Å². The normalized spacial score (nSPS) is 22.3. The van der Waals surface area contributed by atoms with Gasteiger partial charge in [0.1, 0.15) is 35.9 Å². The first-order chi connectivity index (χ1) is 23.3. The minimum Gasteiger partial charge on any atom is -0.459 e. The molecule has 1 saturated heterocycles. The number of hydrogen-bond acceptors (Lipinski definition) is 14. The number of hydrogen-bond donors (Lipinski definition) is 4. The van der Waals surface area contributed by atoms with Gasteiger partial charge in [-0.05, 0) is 45.0 Å². The number of esters is 1. The first-order valence-electron chi connectivity index (χ1n) is 14.7. The number of para-hydroxylation sites is 1. The van der Waals surface area contributed by atoms with E-state index in [1.807, 2.05) is 0 Å². The summed E-state index contributed by atoms with van der Waals surface area (Å²) in [7, 11) is -6.96. The first-order valence-corrected chi connectivity index (χ1v) is 18.9. The predicted molar refractivity (Wildman–Crippen MR) is 181 cm³/mol. The average molecular weight is 775 g/mol. The van der Waals surface area contributed by atoms with Crippen LogP contribution < -0.4 is 19.5 Å². The molecule has 0 amide bonds. The van der Waals surface area contributed by atoms with Crippen molar-refractivity contribution in [2.75, 3.05) is 18.3 Å². The number of fused-ring (bicyclic) bond motifs is 1. The fourth-order valence-electron chi connectivity index (χ4n) is 4.94. The Morgan fingerprint density at radius 3 is 2.44 bits per heavy atom. The van der Waals surface area contributed by atoms with E-state index >= 15 is 0 Å². The highest BCUT2D eigenvalue weighted by atomic mass is 35.5. The van der Waals surface area contributed by atoms with Crippen molar-refractivity contribution in [1.82, 2.24) is 29.4 Å². The number of anilines is 1. The van der Waals surface area contributed by atoms with Gasteiger partial charge in [0.2, 0.25) is 16.3 Å². The van der Waals surface area contributed by atoms with Gasteiger partial charge >= 0.3 is 13.7 Å². The van der Waals surface area contributed by atoms with E-state index in [4.69, 9.17) is 41.7 Å². The number of aromatic nitrogens is 4. The van der Waals surface area contributed by atoms with Crippen LogP contribution in [-0.4, -0.2) is 81.0 Å². The van der Waals surface area contributed by atoms with Crippen LogP contribution in [0.25, 0.3) is 11.2 Å². The topological polar surface area (TPSA) is 217 Å². The third-order valence-electron chi connectivity index (χ3n) is 7.38. The highest BCUT2D eigenvalue weighted by molar-refractivity contribution is 7.88. The van der Waals surface area contributed by atoms with Gasteiger partial charge in [0.05, 0.1) is 12.6 Å². The monoisotopic (exact) mass is 773 g/mol. The van der Waals surface area contributed by atoms with Gasteiger partial charge in [0.25, 0.3) is 0 Å². The second-order valence-electron chi connectivity index (χ2n) is 12.0. The van der Waals surface area contributed by atoms with Crippen molar-refractivity contribution in [3.05, 3.63) is 76.8 Å². The van der Waals surface area contributed by atoms with Crippen molar-refractivity contribution in [3.8, 4) is 5.75 Å². The summed E-state index contributed by atoms with van der Waals surface area (Å²) in [6.07, 6.45) is -1.80. The Bertz CT molecular complexity index is 2020. The van der Waals surface area contributed by atoms with Crippen LogP contribution in [0, 0.1) is 0 Å². The average Bonchev–Trinajstić information content (AvgIpc) is 3.53. The van der Waals surface area contributed by atoms with Gasteiger partial charge in [-0.3, -0.25) is 18.9 Å². The van der Waals surface area contributed by atoms with Crippen LogP contribution in [0.3, 0.4) is 0 Å². The molecule has 270 valence electrons. The molecule has 0 spiro atoms. The molecule has 2 aromatic heterocycles. The number of carbonyl (C=O) groups is 1. The summed E-state index contributed by atoms with van der Waals surface area (Å²) in [4.78, 5) is 28.1. The maximum absolute atomic E-state index is 14.5. The van der Waals surface area contributed by atoms with E-state index in [-0.39, 0.29) is 39.4 Å². The zero-order valence-electron chi connectivity index (χ0n) is 27.2. The zero-order valence-corrected chi connectivity index (χ0v) is 30.4. The van der Waals surface area contributed by atoms with E-state index in [1.165, 1.54) is 50.8 Å². The number of aliphatic hydroxyl groups is 2. The second kappa shape index (κ2) is 14.3. The summed E-state index contributed by atoms with van der Waals surface area (Å²) in [6.45, 7) is 3.67. The van der Waals surface area contributed by atoms with Gasteiger partial charge in [0, 0.05) is 22.7 Å². The van der Waals surface area contributed by atoms with Crippen molar-refractivity contribution in [1.29, 1.82) is 0 Å². The highest BCUT2D eigenvalue weighted by Crippen LogP contribution is 2.52. The van der Waals surface area contributed by atoms with Gasteiger partial charge in [-0.1, -0.05) is 47.5 Å². The number of nitrogens with zero attached hydrogens (tertiary/aromatic N) is 5. The lowest BCUT2D eigenvalue weighted by molar-refractivity contribution is -0.152. The molecule has 4 N–H and O–H groups in total. The van der Waals surface area contributed by atoms with Gasteiger partial charge in [-0.25, -0.2) is 27.9 Å². The molecule has 21 heteroatoms. The summed E-state index contributed by atoms with van der Waals surface area (Å²) in [5.41, 5.74) is -3.31. The maximum Gasteiger partial charge on any atom is 0.462 e. The van der Waals surface area contributed by atoms with E-state index in [2.05, 4.69) is 24.9 Å². The lowest BCUT2D eigenvalue weighted by Gasteiger charge is -2.31. The zero-order chi connectivity index (χ0) is 36.6. The molecule has 5 rings (SSSR count). The summed E-state index contributed by atoms with van der Waals surface area (Å²) in [5.74, 6) is -0.744. The number of imidazole rings is 1. The smallest absolute Gasteiger partial charge is 0.459 e. The molecule has 17 nitrogen and oxygen atoms in total. The molecule has 0 aliphatic carbocycles. The summed E-state index contributed by atoms with van der Waals surface area (Å²) < 4.78 is 62.2. The fraction of sp³-hybridized carbons (Fsp3) is 0.379. The molecule has 1 aliphatic rings. The van der Waals surface area contributed by atoms with Gasteiger partial charge < -0.3 is 24.2 Å². The molecule has 50 heavy (non-hydrogen) atoms. The molecule has 1 fully saturated rings. The number of carbonyl (C=O) groups excluding carboxylic acids is 1. The standard InChI is InChI=1S/C29H34Cl2N7O10PS/c1-28(2,27(40)45-14-18-19(30)12-9-13-20(18)31)35-49(42,47-17-10-7-6-8-11-17)48-25-22(39)29(3,41)26(46-25)38-16-34-21-23(32-15-33-24(21)38)37(4)36-50(5,43)44/h6-13,15-16,22,25-26,36,39,41H,14H2,1-5H3,(H,35,42)/t22?,25?,26-,29-,49?/m1/s1. The Morgan fingerprint density at radius 1 is 1.14 bits per heavy atom. The third-order valence-corrected chi connectivity index (χ3v) is 10.5. The van der Waals surface area contributed by atoms with Crippen LogP contribution in [0.2, 0.25) is 10.0 Å². The number of hydrazine groups is 1. The van der Waals surface area contributed by atoms with Gasteiger partial charge in [-0.2, -0.15) is 5.09 Å². The van der Waals surface area contributed by atoms with Gasteiger partial charge in [0.15, 0.2) is 23.2 Å². The van der Waals surface area contributed by atoms with Crippen LogP contribution in [0.4, 0.5) is 5.82 Å². The van der Waals surface area contributed by atoms with Crippen LogP contribution in [0.5, 0.6) is 5.75 Å². The summed E-state index contributed by atoms with van der Waals surface area (Å²) >= 11 is 12.4. The number of halogens is 2. The van der Waals surface area contributed by atoms with E-state index in [0.29, 0.717) is 5.56 Å². The number of nitrogens with one attached hydrogen (secondary N) is 2. The first kappa shape index (κ1) is 37.8. The molecule has 0 saturated carbocycles. The van der Waals surface area contributed by atoms with Crippen LogP contribution in [0.15, 0.2) is 61.2 Å². The Kier molecular flexibility index (Phi) is 10.8. The molecule has 3 heterocycles. The lowest BCUT2D eigenvalue weighted by Crippen LogP contribution is -2.48. The number of aliphatic hydroxyl groups excluding tert-OH is 1. The summed E-state index contributed by atoms with van der Waals surface area (Å²) in [5, 5.41) is 27.0. The molecule has 3 unspecified atom stereocenters. The van der Waals surface area contributed by atoms with E-state index < -0.39 is 53.5 Å².